The Kier molecular flexibility index (Phi) is 8.94. The van der Waals surface area contributed by atoms with E-state index in [9.17, 15) is 5.11 Å². The van der Waals surface area contributed by atoms with E-state index < -0.39 is 6.10 Å². The van der Waals surface area contributed by atoms with Gasteiger partial charge in [0.2, 0.25) is 0 Å². The number of hydrogen-bond acceptors (Lipinski definition) is 6. The normalized spacial score (nSPS) is 12.8. The van der Waals surface area contributed by atoms with Crippen LogP contribution in [0.15, 0.2) is 5.51 Å². The van der Waals surface area contributed by atoms with Gasteiger partial charge in [0.1, 0.15) is 0 Å². The van der Waals surface area contributed by atoms with E-state index >= 15 is 0 Å². The van der Waals surface area contributed by atoms with Crippen LogP contribution in [0.2, 0.25) is 0 Å². The first-order valence-corrected chi connectivity index (χ1v) is 7.55. The van der Waals surface area contributed by atoms with Crippen molar-refractivity contribution in [3.63, 3.8) is 0 Å². The molecule has 0 amide bonds. The molecule has 1 rings (SSSR count). The minimum Gasteiger partial charge on any atom is -0.389 e. The topological polar surface area (TPSA) is 63.6 Å². The quantitative estimate of drug-likeness (QED) is 0.595. The van der Waals surface area contributed by atoms with E-state index in [1.165, 1.54) is 4.88 Å². The molecule has 1 atom stereocenters. The van der Waals surface area contributed by atoms with Crippen LogP contribution in [-0.4, -0.2) is 55.7 Å². The smallest absolute Gasteiger partial charge is 0.0897 e. The summed E-state index contributed by atoms with van der Waals surface area (Å²) in [6.07, 6.45) is 0.394. The fourth-order valence-electron chi connectivity index (χ4n) is 1.57. The Balaban J connectivity index is 1.95. The molecule has 0 bridgehead atoms. The predicted molar refractivity (Wildman–Crippen MR) is 76.7 cm³/mol. The maximum Gasteiger partial charge on any atom is 0.0897 e. The number of hydrogen-bond donors (Lipinski definition) is 2. The summed E-state index contributed by atoms with van der Waals surface area (Å²) in [6.45, 7) is 7.64. The molecule has 1 unspecified atom stereocenters. The van der Waals surface area contributed by atoms with E-state index in [-0.39, 0.29) is 0 Å². The Hall–Kier alpha value is -0.530. The average molecular weight is 288 g/mol. The van der Waals surface area contributed by atoms with Crippen molar-refractivity contribution in [1.82, 2.24) is 10.3 Å². The third-order valence-corrected chi connectivity index (χ3v) is 3.63. The summed E-state index contributed by atoms with van der Waals surface area (Å²) in [5.74, 6) is 0. The van der Waals surface area contributed by atoms with Crippen LogP contribution in [0.4, 0.5) is 0 Å². The lowest BCUT2D eigenvalue weighted by Crippen LogP contribution is -2.32. The molecule has 0 aliphatic heterocycles. The molecule has 1 aromatic heterocycles. The summed E-state index contributed by atoms with van der Waals surface area (Å²) >= 11 is 1.65. The molecule has 0 radical (unpaired) electrons. The van der Waals surface area contributed by atoms with Gasteiger partial charge in [0.15, 0.2) is 0 Å². The van der Waals surface area contributed by atoms with Crippen molar-refractivity contribution in [2.24, 2.45) is 0 Å². The van der Waals surface area contributed by atoms with Gasteiger partial charge in [-0.05, 0) is 13.8 Å². The Morgan fingerprint density at radius 2 is 2.26 bits per heavy atom. The zero-order valence-electron chi connectivity index (χ0n) is 11.7. The van der Waals surface area contributed by atoms with Crippen LogP contribution < -0.4 is 5.32 Å². The maximum absolute atomic E-state index is 9.68. The molecule has 19 heavy (non-hydrogen) atoms. The van der Waals surface area contributed by atoms with Gasteiger partial charge in [-0.1, -0.05) is 0 Å². The van der Waals surface area contributed by atoms with Gasteiger partial charge < -0.3 is 19.9 Å². The number of aryl methyl sites for hydroxylation is 1. The fraction of sp³-hybridized carbons (Fsp3) is 0.769. The number of aromatic nitrogens is 1. The first-order chi connectivity index (χ1) is 9.24. The minimum atomic E-state index is -0.468. The van der Waals surface area contributed by atoms with Gasteiger partial charge in [-0.3, -0.25) is 0 Å². The first kappa shape index (κ1) is 16.5. The van der Waals surface area contributed by atoms with Crippen LogP contribution in [0.25, 0.3) is 0 Å². The van der Waals surface area contributed by atoms with Crippen molar-refractivity contribution in [2.75, 3.05) is 39.5 Å². The van der Waals surface area contributed by atoms with Gasteiger partial charge in [-0.2, -0.15) is 0 Å². The minimum absolute atomic E-state index is 0.361. The van der Waals surface area contributed by atoms with Gasteiger partial charge in [-0.25, -0.2) is 4.98 Å². The molecule has 0 saturated heterocycles. The third-order valence-electron chi connectivity index (χ3n) is 2.64. The van der Waals surface area contributed by atoms with Crippen LogP contribution in [0.5, 0.6) is 0 Å². The molecule has 0 aliphatic rings. The van der Waals surface area contributed by atoms with Crippen molar-refractivity contribution in [3.8, 4) is 0 Å². The molecule has 0 aromatic carbocycles. The lowest BCUT2D eigenvalue weighted by atomic mass is 10.3. The molecular weight excluding hydrogens is 264 g/mol. The Labute approximate surface area is 119 Å². The summed E-state index contributed by atoms with van der Waals surface area (Å²) in [5.41, 5.74) is 2.92. The van der Waals surface area contributed by atoms with Gasteiger partial charge in [0.05, 0.1) is 37.1 Å². The molecular formula is C13H24N2O3S. The summed E-state index contributed by atoms with van der Waals surface area (Å²) in [5, 5.41) is 12.8. The lowest BCUT2D eigenvalue weighted by molar-refractivity contribution is 0.0373. The van der Waals surface area contributed by atoms with Gasteiger partial charge >= 0.3 is 0 Å². The average Bonchev–Trinajstić information content (AvgIpc) is 2.80. The fourth-order valence-corrected chi connectivity index (χ4v) is 2.33. The summed E-state index contributed by atoms with van der Waals surface area (Å²) in [4.78, 5) is 5.44. The molecule has 5 nitrogen and oxygen atoms in total. The van der Waals surface area contributed by atoms with Crippen LogP contribution in [0, 0.1) is 6.92 Å². The second kappa shape index (κ2) is 10.3. The highest BCUT2D eigenvalue weighted by molar-refractivity contribution is 7.09. The second-order valence-electron chi connectivity index (χ2n) is 4.24. The van der Waals surface area contributed by atoms with Crippen LogP contribution in [-0.2, 0) is 15.9 Å². The standard InChI is InChI=1S/C13H24N2O3S/c1-3-17-7-5-14-8-12(16)9-18-6-4-13-11(2)15-10-19-13/h10,12,14,16H,3-9H2,1-2H3. The van der Waals surface area contributed by atoms with Gasteiger partial charge in [0, 0.05) is 31.0 Å². The van der Waals surface area contributed by atoms with Crippen LogP contribution >= 0.6 is 11.3 Å². The SMILES string of the molecule is CCOCCNCC(O)COCCc1scnc1C. The number of aliphatic hydroxyl groups excluding tert-OH is 1. The summed E-state index contributed by atoms with van der Waals surface area (Å²) in [6, 6.07) is 0. The first-order valence-electron chi connectivity index (χ1n) is 6.67. The zero-order chi connectivity index (χ0) is 13.9. The van der Waals surface area contributed by atoms with E-state index in [4.69, 9.17) is 9.47 Å². The largest absolute Gasteiger partial charge is 0.389 e. The Morgan fingerprint density at radius 1 is 1.42 bits per heavy atom. The monoisotopic (exact) mass is 288 g/mol. The van der Waals surface area contributed by atoms with E-state index in [1.807, 2.05) is 19.4 Å². The van der Waals surface area contributed by atoms with E-state index in [0.717, 1.165) is 25.3 Å². The number of thiazole rings is 1. The molecule has 0 fully saturated rings. The second-order valence-corrected chi connectivity index (χ2v) is 5.18. The van der Waals surface area contributed by atoms with Gasteiger partial charge in [0.25, 0.3) is 0 Å². The van der Waals surface area contributed by atoms with Crippen molar-refractivity contribution < 1.29 is 14.6 Å². The highest BCUT2D eigenvalue weighted by atomic mass is 32.1. The van der Waals surface area contributed by atoms with E-state index in [2.05, 4.69) is 10.3 Å². The number of nitrogens with one attached hydrogen (secondary N) is 1. The molecule has 6 heteroatoms. The number of ether oxygens (including phenoxy) is 2. The molecule has 1 heterocycles. The molecule has 0 aliphatic carbocycles. The molecule has 1 aromatic rings. The number of rotatable bonds is 11. The van der Waals surface area contributed by atoms with Gasteiger partial charge in [-0.15, -0.1) is 11.3 Å². The lowest BCUT2D eigenvalue weighted by Gasteiger charge is -2.12. The van der Waals surface area contributed by atoms with E-state index in [1.54, 1.807) is 11.3 Å². The van der Waals surface area contributed by atoms with Crippen LogP contribution in [0.3, 0.4) is 0 Å². The zero-order valence-corrected chi connectivity index (χ0v) is 12.5. The highest BCUT2D eigenvalue weighted by Crippen LogP contribution is 2.12. The van der Waals surface area contributed by atoms with Crippen molar-refractivity contribution in [3.05, 3.63) is 16.1 Å². The van der Waals surface area contributed by atoms with Crippen LogP contribution in [0.1, 0.15) is 17.5 Å². The number of aliphatic hydroxyl groups is 1. The van der Waals surface area contributed by atoms with E-state index in [0.29, 0.717) is 26.4 Å². The Bertz CT molecular complexity index is 333. The van der Waals surface area contributed by atoms with Crippen molar-refractivity contribution in [2.45, 2.75) is 26.4 Å². The number of nitrogens with zero attached hydrogens (tertiary/aromatic N) is 1. The summed E-state index contributed by atoms with van der Waals surface area (Å²) < 4.78 is 10.6. The van der Waals surface area contributed by atoms with Crippen molar-refractivity contribution in [1.29, 1.82) is 0 Å². The predicted octanol–water partition coefficient (Wildman–Crippen LogP) is 0.998. The summed E-state index contributed by atoms with van der Waals surface area (Å²) in [7, 11) is 0. The third kappa shape index (κ3) is 7.59. The molecule has 0 saturated carbocycles. The van der Waals surface area contributed by atoms with Crippen molar-refractivity contribution >= 4 is 11.3 Å². The molecule has 2 N–H and O–H groups in total. The molecule has 110 valence electrons. The molecule has 0 spiro atoms. The Morgan fingerprint density at radius 3 is 2.95 bits per heavy atom. The maximum atomic E-state index is 9.68. The highest BCUT2D eigenvalue weighted by Gasteiger charge is 2.05.